The highest BCUT2D eigenvalue weighted by Gasteiger charge is 2.43. The van der Waals surface area contributed by atoms with Gasteiger partial charge in [0.05, 0.1) is 12.1 Å². The fourth-order valence-electron chi connectivity index (χ4n) is 5.19. The van der Waals surface area contributed by atoms with E-state index < -0.39 is 34.6 Å². The van der Waals surface area contributed by atoms with Crippen LogP contribution >= 0.6 is 0 Å². The number of esters is 2. The minimum Gasteiger partial charge on any atom is -0.460 e. The van der Waals surface area contributed by atoms with E-state index in [1.165, 1.54) is 0 Å². The Morgan fingerprint density at radius 3 is 1.51 bits per heavy atom. The summed E-state index contributed by atoms with van der Waals surface area (Å²) in [4.78, 5) is 32.0. The van der Waals surface area contributed by atoms with Crippen LogP contribution in [0.15, 0.2) is 97.2 Å². The number of hydrogen-bond donors (Lipinski definition) is 0. The second-order valence-corrected chi connectivity index (χ2v) is 12.3. The van der Waals surface area contributed by atoms with Gasteiger partial charge in [-0.25, -0.2) is 4.98 Å². The molecule has 0 aliphatic heterocycles. The minimum atomic E-state index is -1.01. The average Bonchev–Trinajstić information content (AvgIpc) is 3.29. The Balaban J connectivity index is 2.04. The molecule has 4 aromatic rings. The Labute approximate surface area is 243 Å². The summed E-state index contributed by atoms with van der Waals surface area (Å²) in [7, 11) is 0. The number of nitrogens with zero attached hydrogens (tertiary/aromatic N) is 2. The molecule has 1 unspecified atom stereocenters. The van der Waals surface area contributed by atoms with E-state index in [0.29, 0.717) is 11.5 Å². The van der Waals surface area contributed by atoms with Gasteiger partial charge in [0.1, 0.15) is 28.5 Å². The van der Waals surface area contributed by atoms with Gasteiger partial charge < -0.3 is 14.0 Å². The molecular formula is C35H40N2O4. The molecule has 6 heteroatoms. The zero-order valence-electron chi connectivity index (χ0n) is 25.0. The van der Waals surface area contributed by atoms with Gasteiger partial charge in [0, 0.05) is 6.20 Å². The summed E-state index contributed by atoms with van der Waals surface area (Å²) < 4.78 is 13.6. The van der Waals surface area contributed by atoms with Crippen LogP contribution in [-0.4, -0.2) is 32.7 Å². The van der Waals surface area contributed by atoms with Crippen LogP contribution in [0.25, 0.3) is 0 Å². The van der Waals surface area contributed by atoms with E-state index in [9.17, 15) is 9.59 Å². The molecule has 214 valence electrons. The minimum absolute atomic E-state index is 0.211. The van der Waals surface area contributed by atoms with Crippen LogP contribution in [0.3, 0.4) is 0 Å². The Morgan fingerprint density at radius 1 is 0.707 bits per heavy atom. The fraction of sp³-hybridized carbons (Fsp3) is 0.343. The number of hydrogen-bond acceptors (Lipinski definition) is 5. The van der Waals surface area contributed by atoms with E-state index in [0.717, 1.165) is 16.7 Å². The van der Waals surface area contributed by atoms with Crippen LogP contribution in [0.1, 0.15) is 82.1 Å². The highest BCUT2D eigenvalue weighted by atomic mass is 16.6. The molecule has 3 aromatic carbocycles. The molecule has 0 saturated carbocycles. The Morgan fingerprint density at radius 2 is 1.12 bits per heavy atom. The van der Waals surface area contributed by atoms with E-state index in [1.54, 1.807) is 0 Å². The van der Waals surface area contributed by atoms with Crippen molar-refractivity contribution in [1.29, 1.82) is 0 Å². The van der Waals surface area contributed by atoms with Crippen molar-refractivity contribution in [3.63, 3.8) is 0 Å². The van der Waals surface area contributed by atoms with Crippen molar-refractivity contribution in [3.8, 4) is 0 Å². The second kappa shape index (κ2) is 11.7. The number of rotatable bonds is 8. The first-order valence-electron chi connectivity index (χ1n) is 14.0. The van der Waals surface area contributed by atoms with E-state index >= 15 is 0 Å². The summed E-state index contributed by atoms with van der Waals surface area (Å²) in [6, 6.07) is 30.5. The van der Waals surface area contributed by atoms with Crippen LogP contribution < -0.4 is 0 Å². The first-order chi connectivity index (χ1) is 19.3. The highest BCUT2D eigenvalue weighted by Crippen LogP contribution is 2.43. The zero-order chi connectivity index (χ0) is 29.8. The lowest BCUT2D eigenvalue weighted by molar-refractivity contribution is -0.164. The van der Waals surface area contributed by atoms with Gasteiger partial charge in [-0.3, -0.25) is 9.59 Å². The molecule has 0 fully saturated rings. The zero-order valence-corrected chi connectivity index (χ0v) is 25.0. The van der Waals surface area contributed by atoms with E-state index in [2.05, 4.69) is 36.4 Å². The maximum absolute atomic E-state index is 13.9. The van der Waals surface area contributed by atoms with Crippen LogP contribution in [-0.2, 0) is 24.6 Å². The number of aromatic nitrogens is 2. The van der Waals surface area contributed by atoms with Gasteiger partial charge in [-0.05, 0) is 65.2 Å². The van der Waals surface area contributed by atoms with Gasteiger partial charge in [0.25, 0.3) is 0 Å². The molecule has 4 rings (SSSR count). The van der Waals surface area contributed by atoms with Crippen molar-refractivity contribution in [1.82, 2.24) is 9.55 Å². The number of carbonyl (C=O) groups excluding carboxylic acids is 2. The van der Waals surface area contributed by atoms with E-state index in [-0.39, 0.29) is 6.42 Å². The third-order valence-electron chi connectivity index (χ3n) is 6.58. The molecule has 0 saturated heterocycles. The molecule has 41 heavy (non-hydrogen) atoms. The summed E-state index contributed by atoms with van der Waals surface area (Å²) in [5, 5.41) is 0. The van der Waals surface area contributed by atoms with Crippen LogP contribution in [0, 0.1) is 6.92 Å². The fourth-order valence-corrected chi connectivity index (χ4v) is 5.19. The maximum Gasteiger partial charge on any atom is 0.317 e. The lowest BCUT2D eigenvalue weighted by Gasteiger charge is -2.39. The third kappa shape index (κ3) is 6.76. The van der Waals surface area contributed by atoms with Crippen molar-refractivity contribution in [2.45, 2.75) is 77.5 Å². The van der Waals surface area contributed by atoms with Crippen molar-refractivity contribution < 1.29 is 19.1 Å². The van der Waals surface area contributed by atoms with E-state index in [1.807, 2.05) is 114 Å². The molecule has 1 aromatic heterocycles. The molecule has 0 bridgehead atoms. The van der Waals surface area contributed by atoms with Gasteiger partial charge in [0.15, 0.2) is 0 Å². The highest BCUT2D eigenvalue weighted by molar-refractivity contribution is 5.84. The smallest absolute Gasteiger partial charge is 0.317 e. The Hall–Kier alpha value is -4.19. The standard InChI is InChI=1S/C35H40N2O4/c1-25-24-37(31(36-25)29(32(39)41-34(5,6)7)23-30(38)40-33(2,3)4)35(26-17-11-8-12-18-26,27-19-13-9-14-20-27)28-21-15-10-16-22-28/h8-22,24,29H,23H2,1-7H3. The average molecular weight is 553 g/mol. The number of aryl methyl sites for hydroxylation is 1. The number of ether oxygens (including phenoxy) is 2. The molecule has 1 atom stereocenters. The predicted octanol–water partition coefficient (Wildman–Crippen LogP) is 7.19. The monoisotopic (exact) mass is 552 g/mol. The van der Waals surface area contributed by atoms with Crippen LogP contribution in [0.5, 0.6) is 0 Å². The van der Waals surface area contributed by atoms with Gasteiger partial charge in [-0.15, -0.1) is 0 Å². The Kier molecular flexibility index (Phi) is 8.52. The third-order valence-corrected chi connectivity index (χ3v) is 6.58. The van der Waals surface area contributed by atoms with Crippen molar-refractivity contribution >= 4 is 11.9 Å². The first-order valence-corrected chi connectivity index (χ1v) is 14.0. The van der Waals surface area contributed by atoms with Gasteiger partial charge in [-0.2, -0.15) is 0 Å². The molecule has 0 N–H and O–H groups in total. The van der Waals surface area contributed by atoms with Crippen molar-refractivity contribution in [3.05, 3.63) is 125 Å². The first kappa shape index (κ1) is 29.8. The normalized spacial score (nSPS) is 13.0. The Bertz CT molecular complexity index is 1370. The lowest BCUT2D eigenvalue weighted by Crippen LogP contribution is -2.40. The largest absolute Gasteiger partial charge is 0.460 e. The maximum atomic E-state index is 13.9. The summed E-state index contributed by atoms with van der Waals surface area (Å²) in [5.74, 6) is -1.60. The topological polar surface area (TPSA) is 70.4 Å². The van der Waals surface area contributed by atoms with Crippen molar-refractivity contribution in [2.24, 2.45) is 0 Å². The lowest BCUT2D eigenvalue weighted by atomic mass is 9.76. The molecular weight excluding hydrogens is 512 g/mol. The van der Waals surface area contributed by atoms with Crippen molar-refractivity contribution in [2.75, 3.05) is 0 Å². The molecule has 0 radical (unpaired) electrons. The molecule has 0 spiro atoms. The molecule has 0 aliphatic carbocycles. The quantitative estimate of drug-likeness (QED) is 0.171. The summed E-state index contributed by atoms with van der Waals surface area (Å²) >= 11 is 0. The van der Waals surface area contributed by atoms with E-state index in [4.69, 9.17) is 14.5 Å². The SMILES string of the molecule is Cc1cn(C(c2ccccc2)(c2ccccc2)c2ccccc2)c(C(CC(=O)OC(C)(C)C)C(=O)OC(C)(C)C)n1. The van der Waals surface area contributed by atoms with Crippen LogP contribution in [0.4, 0.5) is 0 Å². The summed E-state index contributed by atoms with van der Waals surface area (Å²) in [6.45, 7) is 12.8. The molecule has 0 aliphatic rings. The number of carbonyl (C=O) groups is 2. The van der Waals surface area contributed by atoms with Gasteiger partial charge >= 0.3 is 11.9 Å². The second-order valence-electron chi connectivity index (χ2n) is 12.3. The molecule has 6 nitrogen and oxygen atoms in total. The number of benzene rings is 3. The molecule has 1 heterocycles. The summed E-state index contributed by atoms with van der Waals surface area (Å²) in [6.07, 6.45) is 1.74. The molecule has 0 amide bonds. The number of imidazole rings is 1. The summed E-state index contributed by atoms with van der Waals surface area (Å²) in [5.41, 5.74) is 1.29. The predicted molar refractivity (Wildman–Crippen MR) is 161 cm³/mol. The van der Waals surface area contributed by atoms with Gasteiger partial charge in [-0.1, -0.05) is 91.0 Å². The van der Waals surface area contributed by atoms with Crippen LogP contribution in [0.2, 0.25) is 0 Å². The van der Waals surface area contributed by atoms with Gasteiger partial charge in [0.2, 0.25) is 0 Å².